The fourth-order valence-electron chi connectivity index (χ4n) is 2.02. The second-order valence-corrected chi connectivity index (χ2v) is 7.74. The number of sulfonamides is 1. The first kappa shape index (κ1) is 16.3. The molecule has 0 aromatic heterocycles. The van der Waals surface area contributed by atoms with Crippen molar-refractivity contribution in [1.82, 2.24) is 4.72 Å². The highest BCUT2D eigenvalue weighted by Crippen LogP contribution is 2.26. The lowest BCUT2D eigenvalue weighted by Gasteiger charge is -2.11. The Hall–Kier alpha value is -1.07. The molecule has 4 nitrogen and oxygen atoms in total. The maximum Gasteiger partial charge on any atom is 0.243 e. The van der Waals surface area contributed by atoms with Gasteiger partial charge in [0.25, 0.3) is 0 Å². The number of aliphatic hydroxyl groups is 1. The van der Waals surface area contributed by atoms with Crippen molar-refractivity contribution >= 4 is 21.8 Å². The van der Waals surface area contributed by atoms with Crippen molar-refractivity contribution in [2.24, 2.45) is 0 Å². The number of nitrogens with one attached hydrogen (secondary N) is 1. The van der Waals surface area contributed by atoms with Crippen molar-refractivity contribution < 1.29 is 17.9 Å². The molecule has 0 aliphatic carbocycles. The van der Waals surface area contributed by atoms with Crippen LogP contribution < -0.4 is 4.72 Å². The number of rotatable bonds is 4. The van der Waals surface area contributed by atoms with Crippen LogP contribution in [0.25, 0.3) is 0 Å². The fraction of sp³-hybridized carbons (Fsp3) is 0.429. The van der Waals surface area contributed by atoms with Crippen LogP contribution in [0.4, 0.5) is 4.39 Å². The third-order valence-corrected chi connectivity index (χ3v) is 5.91. The third-order valence-electron chi connectivity index (χ3n) is 3.06. The molecule has 1 fully saturated rings. The Morgan fingerprint density at radius 1 is 1.48 bits per heavy atom. The normalized spacial score (nSPS) is 18.3. The highest BCUT2D eigenvalue weighted by atomic mass is 32.2. The number of hydrogen-bond acceptors (Lipinski definition) is 4. The van der Waals surface area contributed by atoms with E-state index in [0.29, 0.717) is 12.1 Å². The van der Waals surface area contributed by atoms with Crippen LogP contribution in [0.1, 0.15) is 18.4 Å². The van der Waals surface area contributed by atoms with E-state index in [9.17, 15) is 12.8 Å². The lowest BCUT2D eigenvalue weighted by Crippen LogP contribution is -2.30. The average molecular weight is 329 g/mol. The van der Waals surface area contributed by atoms with E-state index in [-0.39, 0.29) is 16.8 Å². The number of thioether (sulfide) groups is 1. The molecule has 0 spiro atoms. The summed E-state index contributed by atoms with van der Waals surface area (Å²) in [6.07, 6.45) is 2.06. The van der Waals surface area contributed by atoms with Crippen molar-refractivity contribution in [2.45, 2.75) is 23.0 Å². The first-order chi connectivity index (χ1) is 10.0. The molecule has 1 aliphatic heterocycles. The standard InChI is InChI=1S/C14H16FNO3S2/c15-13-9-11(3-1-7-17)5-6-14(13)21(18,19)16-10-12-4-2-8-20-12/h5-6,9,12,16-17H,2,4,7-8,10H2. The van der Waals surface area contributed by atoms with Gasteiger partial charge in [0, 0.05) is 17.4 Å². The van der Waals surface area contributed by atoms with Crippen LogP contribution in [0.15, 0.2) is 23.1 Å². The zero-order chi connectivity index (χ0) is 15.3. The second-order valence-electron chi connectivity index (χ2n) is 4.59. The van der Waals surface area contributed by atoms with Crippen LogP contribution in [0.2, 0.25) is 0 Å². The van der Waals surface area contributed by atoms with Crippen LogP contribution in [-0.4, -0.2) is 37.7 Å². The van der Waals surface area contributed by atoms with Gasteiger partial charge in [0.15, 0.2) is 0 Å². The van der Waals surface area contributed by atoms with E-state index in [1.165, 1.54) is 12.1 Å². The minimum absolute atomic E-state index is 0.262. The molecule has 1 saturated heterocycles. The van der Waals surface area contributed by atoms with Gasteiger partial charge < -0.3 is 5.11 Å². The summed E-state index contributed by atoms with van der Waals surface area (Å²) in [6, 6.07) is 3.67. The Labute approximate surface area is 128 Å². The van der Waals surface area contributed by atoms with Gasteiger partial charge in [-0.25, -0.2) is 17.5 Å². The maximum atomic E-state index is 13.9. The minimum Gasteiger partial charge on any atom is -0.384 e. The molecule has 2 N–H and O–H groups in total. The van der Waals surface area contributed by atoms with Gasteiger partial charge in [-0.3, -0.25) is 0 Å². The summed E-state index contributed by atoms with van der Waals surface area (Å²) in [7, 11) is -3.85. The quantitative estimate of drug-likeness (QED) is 0.818. The van der Waals surface area contributed by atoms with Crippen molar-refractivity contribution in [3.8, 4) is 11.8 Å². The molecule has 21 heavy (non-hydrogen) atoms. The predicted molar refractivity (Wildman–Crippen MR) is 81.0 cm³/mol. The van der Waals surface area contributed by atoms with Crippen LogP contribution in [-0.2, 0) is 10.0 Å². The highest BCUT2D eigenvalue weighted by Gasteiger charge is 2.22. The predicted octanol–water partition coefficient (Wildman–Crippen LogP) is 1.34. The number of aliphatic hydroxyl groups excluding tert-OH is 1. The Morgan fingerprint density at radius 3 is 2.90 bits per heavy atom. The lowest BCUT2D eigenvalue weighted by atomic mass is 10.2. The Kier molecular flexibility index (Phi) is 5.65. The number of halogens is 1. The lowest BCUT2D eigenvalue weighted by molar-refractivity contribution is 0.350. The van der Waals surface area contributed by atoms with E-state index >= 15 is 0 Å². The zero-order valence-electron chi connectivity index (χ0n) is 11.3. The van der Waals surface area contributed by atoms with Gasteiger partial charge in [-0.15, -0.1) is 0 Å². The summed E-state index contributed by atoms with van der Waals surface area (Å²) < 4.78 is 40.6. The minimum atomic E-state index is -3.85. The van der Waals surface area contributed by atoms with Gasteiger partial charge in [-0.2, -0.15) is 11.8 Å². The molecule has 0 radical (unpaired) electrons. The first-order valence-corrected chi connectivity index (χ1v) is 9.06. The summed E-state index contributed by atoms with van der Waals surface area (Å²) in [4.78, 5) is -0.375. The fourth-order valence-corrected chi connectivity index (χ4v) is 4.47. The number of benzene rings is 1. The van der Waals surface area contributed by atoms with E-state index in [4.69, 9.17) is 5.11 Å². The second kappa shape index (κ2) is 7.27. The first-order valence-electron chi connectivity index (χ1n) is 6.53. The Morgan fingerprint density at radius 2 is 2.29 bits per heavy atom. The van der Waals surface area contributed by atoms with E-state index in [0.717, 1.165) is 24.7 Å². The smallest absolute Gasteiger partial charge is 0.243 e. The summed E-state index contributed by atoms with van der Waals surface area (Å²) >= 11 is 1.73. The Balaban J connectivity index is 2.11. The SMILES string of the molecule is O=S(=O)(NCC1CCCS1)c1ccc(C#CCO)cc1F. The number of hydrogen-bond donors (Lipinski definition) is 2. The molecule has 0 bridgehead atoms. The molecule has 0 saturated carbocycles. The van der Waals surface area contributed by atoms with Crippen LogP contribution in [0.3, 0.4) is 0 Å². The molecule has 7 heteroatoms. The van der Waals surface area contributed by atoms with Crippen molar-refractivity contribution in [3.63, 3.8) is 0 Å². The molecule has 1 atom stereocenters. The largest absolute Gasteiger partial charge is 0.384 e. The molecule has 114 valence electrons. The van der Waals surface area contributed by atoms with Crippen molar-refractivity contribution in [1.29, 1.82) is 0 Å². The van der Waals surface area contributed by atoms with Gasteiger partial charge in [-0.05, 0) is 36.8 Å². The molecule has 2 rings (SSSR count). The summed E-state index contributed by atoms with van der Waals surface area (Å²) in [5.41, 5.74) is 0.326. The molecular formula is C14H16FNO3S2. The summed E-state index contributed by atoms with van der Waals surface area (Å²) in [6.45, 7) is -0.0131. The van der Waals surface area contributed by atoms with Gasteiger partial charge in [0.1, 0.15) is 17.3 Å². The highest BCUT2D eigenvalue weighted by molar-refractivity contribution is 8.00. The summed E-state index contributed by atoms with van der Waals surface area (Å²) in [5, 5.41) is 8.84. The maximum absolute atomic E-state index is 13.9. The molecule has 1 aromatic carbocycles. The van der Waals surface area contributed by atoms with Crippen LogP contribution in [0, 0.1) is 17.7 Å². The average Bonchev–Trinajstić information content (AvgIpc) is 2.96. The molecule has 0 amide bonds. The molecule has 1 unspecified atom stereocenters. The molecule has 1 aromatic rings. The monoisotopic (exact) mass is 329 g/mol. The van der Waals surface area contributed by atoms with Gasteiger partial charge in [0.05, 0.1) is 0 Å². The van der Waals surface area contributed by atoms with Crippen LogP contribution in [0.5, 0.6) is 0 Å². The van der Waals surface area contributed by atoms with Crippen LogP contribution >= 0.6 is 11.8 Å². The van der Waals surface area contributed by atoms with Gasteiger partial charge in [0.2, 0.25) is 10.0 Å². The van der Waals surface area contributed by atoms with Gasteiger partial charge >= 0.3 is 0 Å². The van der Waals surface area contributed by atoms with E-state index < -0.39 is 15.8 Å². The van der Waals surface area contributed by atoms with E-state index in [1.807, 2.05) is 0 Å². The molecule has 1 aliphatic rings. The van der Waals surface area contributed by atoms with Crippen molar-refractivity contribution in [2.75, 3.05) is 18.9 Å². The molecular weight excluding hydrogens is 313 g/mol. The summed E-state index contributed by atoms with van der Waals surface area (Å²) in [5.74, 6) is 5.11. The topological polar surface area (TPSA) is 66.4 Å². The van der Waals surface area contributed by atoms with E-state index in [1.54, 1.807) is 11.8 Å². The van der Waals surface area contributed by atoms with Crippen molar-refractivity contribution in [3.05, 3.63) is 29.6 Å². The Bertz CT molecular complexity index is 659. The third kappa shape index (κ3) is 4.45. The van der Waals surface area contributed by atoms with Gasteiger partial charge in [-0.1, -0.05) is 11.8 Å². The van der Waals surface area contributed by atoms with E-state index in [2.05, 4.69) is 16.6 Å². The zero-order valence-corrected chi connectivity index (χ0v) is 12.9. The molecule has 1 heterocycles.